The fraction of sp³-hybridized carbons (Fsp3) is 0.0909. The molecule has 14 heteroatoms. The molecule has 11 nitrogen and oxygen atoms in total. The van der Waals surface area contributed by atoms with Crippen LogP contribution in [-0.2, 0) is 16.3 Å². The SMILES string of the molecule is CS(=O)(=O)CCc1cc(F)cc(-c2ccnc3[nH]c(-c4n[nH]c5cnc(-c6cncc(NC(=O)c7ccccc7)c6)c(F)c45)nc23)c1. The van der Waals surface area contributed by atoms with E-state index < -0.39 is 21.5 Å². The van der Waals surface area contributed by atoms with Crippen LogP contribution in [0.5, 0.6) is 0 Å². The number of aromatic nitrogens is 7. The van der Waals surface area contributed by atoms with Gasteiger partial charge in [-0.15, -0.1) is 0 Å². The van der Waals surface area contributed by atoms with Crippen molar-refractivity contribution in [1.29, 1.82) is 0 Å². The lowest BCUT2D eigenvalue weighted by Gasteiger charge is -2.08. The van der Waals surface area contributed by atoms with E-state index in [1.165, 1.54) is 36.9 Å². The maximum atomic E-state index is 16.3. The molecule has 5 heterocycles. The number of pyridine rings is 3. The fourth-order valence-corrected chi connectivity index (χ4v) is 5.89. The van der Waals surface area contributed by atoms with Gasteiger partial charge in [0, 0.05) is 35.3 Å². The maximum Gasteiger partial charge on any atom is 0.255 e. The van der Waals surface area contributed by atoms with Crippen molar-refractivity contribution in [2.45, 2.75) is 6.42 Å². The highest BCUT2D eigenvalue weighted by atomic mass is 32.2. The van der Waals surface area contributed by atoms with Crippen molar-refractivity contribution >= 4 is 43.5 Å². The smallest absolute Gasteiger partial charge is 0.255 e. The Morgan fingerprint density at radius 3 is 2.57 bits per heavy atom. The summed E-state index contributed by atoms with van der Waals surface area (Å²) in [6, 6.07) is 16.3. The number of benzene rings is 2. The summed E-state index contributed by atoms with van der Waals surface area (Å²) in [5.41, 5.74) is 3.90. The van der Waals surface area contributed by atoms with Crippen LogP contribution in [-0.4, -0.2) is 61.5 Å². The van der Waals surface area contributed by atoms with Crippen LogP contribution in [0.4, 0.5) is 14.5 Å². The third-order valence-corrected chi connectivity index (χ3v) is 8.43. The highest BCUT2D eigenvalue weighted by molar-refractivity contribution is 7.90. The fourth-order valence-electron chi connectivity index (χ4n) is 5.29. The van der Waals surface area contributed by atoms with Gasteiger partial charge in [0.25, 0.3) is 5.91 Å². The Labute approximate surface area is 266 Å². The van der Waals surface area contributed by atoms with Crippen molar-refractivity contribution < 1.29 is 22.0 Å². The van der Waals surface area contributed by atoms with Gasteiger partial charge in [-0.1, -0.05) is 24.3 Å². The van der Waals surface area contributed by atoms with Gasteiger partial charge in [0.2, 0.25) is 0 Å². The van der Waals surface area contributed by atoms with Gasteiger partial charge in [-0.05, 0) is 53.9 Å². The number of amides is 1. The largest absolute Gasteiger partial charge is 0.321 e. The Bertz CT molecular complexity index is 2430. The summed E-state index contributed by atoms with van der Waals surface area (Å²) in [6.45, 7) is 0. The summed E-state index contributed by atoms with van der Waals surface area (Å²) in [5, 5.41) is 9.98. The number of aromatic amines is 2. The van der Waals surface area contributed by atoms with Gasteiger partial charge < -0.3 is 10.3 Å². The number of imidazole rings is 1. The first-order valence-electron chi connectivity index (χ1n) is 14.3. The van der Waals surface area contributed by atoms with E-state index in [0.29, 0.717) is 50.2 Å². The second kappa shape index (κ2) is 11.8. The molecule has 0 fully saturated rings. The van der Waals surface area contributed by atoms with Gasteiger partial charge >= 0.3 is 0 Å². The first-order valence-corrected chi connectivity index (χ1v) is 16.4. The Morgan fingerprint density at radius 2 is 1.77 bits per heavy atom. The Morgan fingerprint density at radius 1 is 0.936 bits per heavy atom. The highest BCUT2D eigenvalue weighted by Gasteiger charge is 2.22. The van der Waals surface area contributed by atoms with Crippen LogP contribution in [0.2, 0.25) is 0 Å². The minimum atomic E-state index is -3.24. The summed E-state index contributed by atoms with van der Waals surface area (Å²) < 4.78 is 54.3. The van der Waals surface area contributed by atoms with Crippen LogP contribution in [0.25, 0.3) is 56.0 Å². The molecule has 0 radical (unpaired) electrons. The molecule has 234 valence electrons. The molecule has 0 spiro atoms. The van der Waals surface area contributed by atoms with Crippen LogP contribution in [0.3, 0.4) is 0 Å². The zero-order valence-electron chi connectivity index (χ0n) is 24.6. The summed E-state index contributed by atoms with van der Waals surface area (Å²) in [4.78, 5) is 33.2. The molecule has 0 bridgehead atoms. The van der Waals surface area contributed by atoms with Gasteiger partial charge in [-0.25, -0.2) is 27.2 Å². The number of hydrogen-bond acceptors (Lipinski definition) is 8. The number of carbonyl (C=O) groups excluding carboxylic acids is 1. The summed E-state index contributed by atoms with van der Waals surface area (Å²) >= 11 is 0. The molecule has 0 aliphatic carbocycles. The molecule has 0 saturated carbocycles. The Kier molecular flexibility index (Phi) is 7.48. The monoisotopic (exact) mass is 650 g/mol. The number of aryl methyl sites for hydroxylation is 1. The van der Waals surface area contributed by atoms with E-state index in [2.05, 4.69) is 40.4 Å². The van der Waals surface area contributed by atoms with E-state index in [9.17, 15) is 17.6 Å². The van der Waals surface area contributed by atoms with Crippen molar-refractivity contribution in [3.63, 3.8) is 0 Å². The molecular weight excluding hydrogens is 626 g/mol. The Balaban J connectivity index is 1.25. The zero-order chi connectivity index (χ0) is 32.7. The molecular formula is C33H24F2N8O3S. The molecule has 0 aliphatic heterocycles. The molecule has 7 aromatic rings. The quantitative estimate of drug-likeness (QED) is 0.188. The lowest BCUT2D eigenvalue weighted by molar-refractivity contribution is 0.102. The van der Waals surface area contributed by atoms with E-state index in [1.807, 2.05) is 0 Å². The average Bonchev–Trinajstić information content (AvgIpc) is 3.69. The number of hydrogen-bond donors (Lipinski definition) is 3. The number of rotatable bonds is 8. The van der Waals surface area contributed by atoms with Crippen molar-refractivity contribution in [1.82, 2.24) is 35.1 Å². The Hall–Kier alpha value is -5.89. The second-order valence-corrected chi connectivity index (χ2v) is 13.2. The minimum Gasteiger partial charge on any atom is -0.321 e. The van der Waals surface area contributed by atoms with Gasteiger partial charge in [0.15, 0.2) is 17.3 Å². The third-order valence-electron chi connectivity index (χ3n) is 7.49. The van der Waals surface area contributed by atoms with Crippen LogP contribution in [0.15, 0.2) is 85.5 Å². The van der Waals surface area contributed by atoms with E-state index in [-0.39, 0.29) is 40.7 Å². The lowest BCUT2D eigenvalue weighted by atomic mass is 10.0. The number of halogens is 2. The van der Waals surface area contributed by atoms with E-state index in [4.69, 9.17) is 0 Å². The van der Waals surface area contributed by atoms with Crippen LogP contribution in [0.1, 0.15) is 15.9 Å². The number of nitrogens with one attached hydrogen (secondary N) is 3. The van der Waals surface area contributed by atoms with Crippen molar-refractivity contribution in [2.75, 3.05) is 17.3 Å². The number of nitrogens with zero attached hydrogens (tertiary/aromatic N) is 5. The number of fused-ring (bicyclic) bond motifs is 2. The first kappa shape index (κ1) is 29.8. The van der Waals surface area contributed by atoms with Crippen molar-refractivity contribution in [3.05, 3.63) is 108 Å². The molecule has 47 heavy (non-hydrogen) atoms. The van der Waals surface area contributed by atoms with Crippen LogP contribution >= 0.6 is 0 Å². The van der Waals surface area contributed by atoms with Crippen molar-refractivity contribution in [3.8, 4) is 33.9 Å². The number of anilines is 1. The molecule has 0 unspecified atom stereocenters. The molecule has 7 rings (SSSR count). The summed E-state index contributed by atoms with van der Waals surface area (Å²) in [6.07, 6.45) is 7.15. The first-order chi connectivity index (χ1) is 22.6. The summed E-state index contributed by atoms with van der Waals surface area (Å²) in [5.74, 6) is -1.46. The minimum absolute atomic E-state index is 0.0141. The second-order valence-electron chi connectivity index (χ2n) is 10.9. The van der Waals surface area contributed by atoms with Gasteiger partial charge in [0.05, 0.1) is 34.7 Å². The molecule has 2 aromatic carbocycles. The standard InChI is InChI=1S/C33H24F2N8O3S/c1-47(45,46)10-8-18-11-20(13-22(34)12-18)24-7-9-37-31-29(24)40-32(41-31)30-26-25(42-43-30)17-38-28(27(26)35)21-14-23(16-36-15-21)39-33(44)19-5-3-2-4-6-19/h2-7,9,11-17H,8,10H2,1H3,(H,39,44)(H,42,43)(H,37,40,41). The predicted octanol–water partition coefficient (Wildman–Crippen LogP) is 5.74. The average molecular weight is 651 g/mol. The molecule has 3 N–H and O–H groups in total. The van der Waals surface area contributed by atoms with Gasteiger partial charge in [-0.3, -0.25) is 19.9 Å². The maximum absolute atomic E-state index is 16.3. The number of carbonyl (C=O) groups is 1. The molecule has 0 atom stereocenters. The number of sulfone groups is 1. The summed E-state index contributed by atoms with van der Waals surface area (Å²) in [7, 11) is -3.24. The topological polar surface area (TPSA) is 159 Å². The van der Waals surface area contributed by atoms with E-state index >= 15 is 4.39 Å². The van der Waals surface area contributed by atoms with E-state index in [0.717, 1.165) is 6.26 Å². The van der Waals surface area contributed by atoms with Gasteiger partial charge in [0.1, 0.15) is 32.6 Å². The third kappa shape index (κ3) is 6.05. The molecule has 0 saturated heterocycles. The normalized spacial score (nSPS) is 11.7. The zero-order valence-corrected chi connectivity index (χ0v) is 25.4. The van der Waals surface area contributed by atoms with E-state index in [1.54, 1.807) is 48.5 Å². The number of H-pyrrole nitrogens is 2. The van der Waals surface area contributed by atoms with Crippen LogP contribution in [0, 0.1) is 11.6 Å². The van der Waals surface area contributed by atoms with Crippen molar-refractivity contribution in [2.24, 2.45) is 0 Å². The van der Waals surface area contributed by atoms with Crippen LogP contribution < -0.4 is 5.32 Å². The molecule has 5 aromatic heterocycles. The van der Waals surface area contributed by atoms with Gasteiger partial charge in [-0.2, -0.15) is 5.10 Å². The predicted molar refractivity (Wildman–Crippen MR) is 173 cm³/mol. The lowest BCUT2D eigenvalue weighted by Crippen LogP contribution is -2.11. The molecule has 1 amide bonds. The highest BCUT2D eigenvalue weighted by Crippen LogP contribution is 2.35. The molecule has 0 aliphatic rings.